The van der Waals surface area contributed by atoms with Crippen LogP contribution in [0.25, 0.3) is 17.2 Å². The number of nitrogens with zero attached hydrogens (tertiary/aromatic N) is 7. The maximum absolute atomic E-state index is 15.0. The number of alkyl halides is 3. The van der Waals surface area contributed by atoms with Crippen molar-refractivity contribution in [1.29, 1.82) is 0 Å². The summed E-state index contributed by atoms with van der Waals surface area (Å²) in [6, 6.07) is 2.49. The molecule has 6 rings (SSSR count). The zero-order valence-corrected chi connectivity index (χ0v) is 21.8. The van der Waals surface area contributed by atoms with Crippen LogP contribution in [-0.2, 0) is 29.7 Å². The summed E-state index contributed by atoms with van der Waals surface area (Å²) < 4.78 is 80.7. The third-order valence-electron chi connectivity index (χ3n) is 6.80. The molecule has 1 N–H and O–H groups in total. The highest BCUT2D eigenvalue weighted by Gasteiger charge is 2.50. The van der Waals surface area contributed by atoms with E-state index in [1.165, 1.54) is 23.0 Å². The highest BCUT2D eigenvalue weighted by atomic mass is 32.2. The second-order valence-electron chi connectivity index (χ2n) is 9.81. The molecular formula is C24H22F4N8O3S. The molecule has 0 spiro atoms. The molecule has 11 nitrogen and oxygen atoms in total. The molecule has 2 aliphatic rings. The molecule has 1 saturated carbocycles. The SMILES string of the molecule is Cc1cnc2nc(C3CC3)c(C(=O)NCc3cnc(-c4cc5n(n4)CCN(S(=O)(=O)C(F)(F)F)C5)c(F)c3)n2c1. The predicted octanol–water partition coefficient (Wildman–Crippen LogP) is 2.91. The van der Waals surface area contributed by atoms with Crippen LogP contribution in [0.3, 0.4) is 0 Å². The van der Waals surface area contributed by atoms with Gasteiger partial charge in [-0.15, -0.1) is 0 Å². The van der Waals surface area contributed by atoms with Crippen LogP contribution in [0, 0.1) is 12.7 Å². The number of pyridine rings is 1. The lowest BCUT2D eigenvalue weighted by atomic mass is 10.2. The zero-order valence-electron chi connectivity index (χ0n) is 21.0. The van der Waals surface area contributed by atoms with E-state index in [-0.39, 0.29) is 42.0 Å². The summed E-state index contributed by atoms with van der Waals surface area (Å²) in [5.74, 6) is -0.513. The number of sulfonamides is 1. The number of nitrogens with one attached hydrogen (secondary N) is 1. The van der Waals surface area contributed by atoms with E-state index in [2.05, 4.69) is 25.4 Å². The van der Waals surface area contributed by atoms with Crippen molar-refractivity contribution < 1.29 is 30.8 Å². The molecule has 4 aromatic heterocycles. The first kappa shape index (κ1) is 26.3. The van der Waals surface area contributed by atoms with E-state index in [0.717, 1.165) is 18.4 Å². The van der Waals surface area contributed by atoms with Crippen molar-refractivity contribution in [2.45, 2.75) is 50.8 Å². The van der Waals surface area contributed by atoms with Gasteiger partial charge in [-0.2, -0.15) is 22.6 Å². The molecular weight excluding hydrogens is 556 g/mol. The Morgan fingerprint density at radius 1 is 1.15 bits per heavy atom. The Bertz CT molecular complexity index is 1760. The largest absolute Gasteiger partial charge is 0.511 e. The second kappa shape index (κ2) is 9.33. The van der Waals surface area contributed by atoms with Crippen LogP contribution < -0.4 is 5.32 Å². The Hall–Kier alpha value is -3.92. The normalized spacial score (nSPS) is 16.3. The summed E-state index contributed by atoms with van der Waals surface area (Å²) in [7, 11) is -5.50. The molecule has 0 unspecified atom stereocenters. The summed E-state index contributed by atoms with van der Waals surface area (Å²) in [5, 5.41) is 6.98. The van der Waals surface area contributed by atoms with Crippen LogP contribution in [0.4, 0.5) is 17.6 Å². The number of imidazole rings is 1. The van der Waals surface area contributed by atoms with E-state index < -0.39 is 34.4 Å². The Kier molecular flexibility index (Phi) is 6.14. The van der Waals surface area contributed by atoms with Gasteiger partial charge in [-0.1, -0.05) is 0 Å². The van der Waals surface area contributed by atoms with Crippen molar-refractivity contribution in [3.63, 3.8) is 0 Å². The molecule has 0 atom stereocenters. The van der Waals surface area contributed by atoms with Gasteiger partial charge in [-0.3, -0.25) is 18.9 Å². The molecule has 0 saturated heterocycles. The number of carbonyl (C=O) groups excluding carboxylic acids is 1. The van der Waals surface area contributed by atoms with Crippen LogP contribution >= 0.6 is 0 Å². The van der Waals surface area contributed by atoms with Gasteiger partial charge in [-0.05, 0) is 43.0 Å². The van der Waals surface area contributed by atoms with Crippen molar-refractivity contribution in [3.05, 3.63) is 64.7 Å². The lowest BCUT2D eigenvalue weighted by molar-refractivity contribution is -0.0496. The molecule has 1 amide bonds. The number of rotatable bonds is 6. The Labute approximate surface area is 224 Å². The number of hydrogen-bond acceptors (Lipinski definition) is 7. The van der Waals surface area contributed by atoms with Gasteiger partial charge < -0.3 is 5.32 Å². The van der Waals surface area contributed by atoms with Gasteiger partial charge in [-0.25, -0.2) is 22.8 Å². The highest BCUT2D eigenvalue weighted by molar-refractivity contribution is 7.89. The maximum atomic E-state index is 15.0. The minimum absolute atomic E-state index is 0.0242. The van der Waals surface area contributed by atoms with Crippen LogP contribution in [-0.4, -0.2) is 59.8 Å². The standard InChI is InChI=1S/C24H22F4N8O3S/c1-13-8-31-23-32-19(15-2-3-15)21(35(23)11-13)22(37)30-10-14-6-17(25)20(29-9-14)18-7-16-12-34(4-5-36(16)33-18)40(38,39)24(26,27)28/h6-9,11,15H,2-5,10,12H2,1H3,(H,30,37). The third-order valence-corrected chi connectivity index (χ3v) is 8.38. The first-order chi connectivity index (χ1) is 18.9. The molecule has 1 aliphatic heterocycles. The minimum Gasteiger partial charge on any atom is -0.347 e. The van der Waals surface area contributed by atoms with E-state index >= 15 is 4.39 Å². The minimum atomic E-state index is -5.50. The Morgan fingerprint density at radius 3 is 2.62 bits per heavy atom. The molecule has 0 radical (unpaired) electrons. The first-order valence-corrected chi connectivity index (χ1v) is 13.8. The van der Waals surface area contributed by atoms with Gasteiger partial charge in [0.1, 0.15) is 17.1 Å². The van der Waals surface area contributed by atoms with Crippen LogP contribution in [0.15, 0.2) is 30.7 Å². The van der Waals surface area contributed by atoms with Crippen molar-refractivity contribution in [2.24, 2.45) is 0 Å². The summed E-state index contributed by atoms with van der Waals surface area (Å²) in [6.07, 6.45) is 6.70. The van der Waals surface area contributed by atoms with E-state index in [4.69, 9.17) is 0 Å². The van der Waals surface area contributed by atoms with Crippen LogP contribution in [0.2, 0.25) is 0 Å². The molecule has 40 heavy (non-hydrogen) atoms. The van der Waals surface area contributed by atoms with E-state index in [1.807, 2.05) is 6.92 Å². The van der Waals surface area contributed by atoms with Gasteiger partial charge in [0.25, 0.3) is 5.91 Å². The fourth-order valence-corrected chi connectivity index (χ4v) is 5.57. The zero-order chi connectivity index (χ0) is 28.4. The average Bonchev–Trinajstić information content (AvgIpc) is 3.54. The summed E-state index contributed by atoms with van der Waals surface area (Å²) >= 11 is 0. The van der Waals surface area contributed by atoms with Gasteiger partial charge in [0.05, 0.1) is 24.5 Å². The summed E-state index contributed by atoms with van der Waals surface area (Å²) in [6.45, 7) is 0.732. The quantitative estimate of drug-likeness (QED) is 0.349. The molecule has 0 bridgehead atoms. The number of aryl methyl sites for hydroxylation is 1. The average molecular weight is 579 g/mol. The fourth-order valence-electron chi connectivity index (χ4n) is 4.65. The van der Waals surface area contributed by atoms with Gasteiger partial charge in [0.2, 0.25) is 5.78 Å². The summed E-state index contributed by atoms with van der Waals surface area (Å²) in [4.78, 5) is 26.1. The number of aromatic nitrogens is 6. The van der Waals surface area contributed by atoms with E-state index in [0.29, 0.717) is 27.0 Å². The molecule has 0 aromatic carbocycles. The van der Waals surface area contributed by atoms with E-state index in [1.54, 1.807) is 16.8 Å². The third kappa shape index (κ3) is 4.60. The maximum Gasteiger partial charge on any atom is 0.511 e. The number of amides is 1. The van der Waals surface area contributed by atoms with E-state index in [9.17, 15) is 26.4 Å². The molecule has 1 fully saturated rings. The Balaban J connectivity index is 1.19. The van der Waals surface area contributed by atoms with Crippen molar-refractivity contribution in [2.75, 3.05) is 6.54 Å². The topological polar surface area (TPSA) is 127 Å². The molecule has 5 heterocycles. The van der Waals surface area contributed by atoms with Gasteiger partial charge in [0.15, 0.2) is 5.82 Å². The van der Waals surface area contributed by atoms with Gasteiger partial charge in [0, 0.05) is 37.6 Å². The second-order valence-corrected chi connectivity index (χ2v) is 11.7. The first-order valence-electron chi connectivity index (χ1n) is 12.3. The van der Waals surface area contributed by atoms with Crippen molar-refractivity contribution in [3.8, 4) is 11.4 Å². The van der Waals surface area contributed by atoms with Crippen LogP contribution in [0.5, 0.6) is 0 Å². The van der Waals surface area contributed by atoms with Crippen molar-refractivity contribution >= 4 is 21.7 Å². The molecule has 16 heteroatoms. The number of carbonyl (C=O) groups is 1. The predicted molar refractivity (Wildman–Crippen MR) is 132 cm³/mol. The van der Waals surface area contributed by atoms with Crippen molar-refractivity contribution in [1.82, 2.24) is 38.8 Å². The number of hydrogen-bond donors (Lipinski definition) is 1. The van der Waals surface area contributed by atoms with Crippen LogP contribution in [0.1, 0.15) is 51.8 Å². The molecule has 1 aliphatic carbocycles. The number of fused-ring (bicyclic) bond motifs is 2. The molecule has 4 aromatic rings. The Morgan fingerprint density at radius 2 is 1.93 bits per heavy atom. The lowest BCUT2D eigenvalue weighted by Gasteiger charge is -2.27. The van der Waals surface area contributed by atoms with Gasteiger partial charge >= 0.3 is 15.5 Å². The smallest absolute Gasteiger partial charge is 0.347 e. The molecule has 210 valence electrons. The number of halogens is 4. The monoisotopic (exact) mass is 578 g/mol. The lowest BCUT2D eigenvalue weighted by Crippen LogP contribution is -2.44. The highest BCUT2D eigenvalue weighted by Crippen LogP contribution is 2.41. The fraction of sp³-hybridized carbons (Fsp3) is 0.375. The summed E-state index contributed by atoms with van der Waals surface area (Å²) in [5.41, 5.74) is -3.04.